The third-order valence-corrected chi connectivity index (χ3v) is 0.730. The largest absolute Gasteiger partial charge is 0.410 e. The average molecular weight is 135 g/mol. The molecule has 0 spiro atoms. The molecule has 0 radical (unpaired) electrons. The Hall–Kier alpha value is -0.610. The van der Waals surface area contributed by atoms with Crippen LogP contribution in [0.2, 0.25) is 5.35 Å². The zero-order chi connectivity index (χ0) is 5.98. The molecule has 1 heterocycles. The molecule has 0 saturated heterocycles. The van der Waals surface area contributed by atoms with E-state index in [1.807, 2.05) is 0 Å². The lowest BCUT2D eigenvalue weighted by molar-refractivity contribution is 0.240. The second kappa shape index (κ2) is 2.11. The highest BCUT2D eigenvalue weighted by molar-refractivity contribution is 6.27. The number of aromatic nitrogens is 2. The normalized spacial score (nSPS) is 9.75. The van der Waals surface area contributed by atoms with Crippen LogP contribution in [-0.4, -0.2) is 15.3 Å². The Morgan fingerprint density at radius 2 is 2.38 bits per heavy atom. The van der Waals surface area contributed by atoms with Gasteiger partial charge >= 0.3 is 5.35 Å². The summed E-state index contributed by atoms with van der Waals surface area (Å²) in [7, 11) is 0. The Bertz CT molecular complexity index is 176. The molecule has 0 unspecified atom stereocenters. The fraction of sp³-hybridized carbons (Fsp3) is 0.333. The SMILES string of the molecule is OCc1nnc(Cl)o1. The Morgan fingerprint density at radius 3 is 2.62 bits per heavy atom. The van der Waals surface area contributed by atoms with Gasteiger partial charge in [-0.1, -0.05) is 5.10 Å². The van der Waals surface area contributed by atoms with Gasteiger partial charge in [-0.15, -0.1) is 5.10 Å². The van der Waals surface area contributed by atoms with Gasteiger partial charge in [0, 0.05) is 0 Å². The zero-order valence-electron chi connectivity index (χ0n) is 3.83. The third-order valence-electron chi connectivity index (χ3n) is 0.577. The van der Waals surface area contributed by atoms with Gasteiger partial charge in [0.15, 0.2) is 0 Å². The van der Waals surface area contributed by atoms with Crippen LogP contribution in [0.15, 0.2) is 4.42 Å². The number of nitrogens with zero attached hydrogens (tertiary/aromatic N) is 2. The van der Waals surface area contributed by atoms with Gasteiger partial charge in [-0.3, -0.25) is 0 Å². The quantitative estimate of drug-likeness (QED) is 0.597. The van der Waals surface area contributed by atoms with Crippen LogP contribution in [0, 0.1) is 0 Å². The summed E-state index contributed by atoms with van der Waals surface area (Å²) in [6, 6.07) is 0. The molecular formula is C3H3ClN2O2. The standard InChI is InChI=1S/C3H3ClN2O2/c4-3-6-5-2(1-7)8-3/h7H,1H2. The van der Waals surface area contributed by atoms with Crippen LogP contribution in [0.1, 0.15) is 5.89 Å². The van der Waals surface area contributed by atoms with Gasteiger partial charge in [-0.2, -0.15) is 0 Å². The van der Waals surface area contributed by atoms with E-state index in [-0.39, 0.29) is 17.8 Å². The van der Waals surface area contributed by atoms with E-state index in [1.165, 1.54) is 0 Å². The van der Waals surface area contributed by atoms with Crippen LogP contribution in [0.25, 0.3) is 0 Å². The summed E-state index contributed by atoms with van der Waals surface area (Å²) in [4.78, 5) is 0. The fourth-order valence-electron chi connectivity index (χ4n) is 0.297. The molecule has 0 aliphatic rings. The van der Waals surface area contributed by atoms with E-state index in [1.54, 1.807) is 0 Å². The molecule has 1 aromatic heterocycles. The maximum Gasteiger partial charge on any atom is 0.312 e. The van der Waals surface area contributed by atoms with Gasteiger partial charge in [0.2, 0.25) is 5.89 Å². The predicted octanol–water partition coefficient (Wildman–Crippen LogP) is 0.215. The lowest BCUT2D eigenvalue weighted by atomic mass is 10.7. The van der Waals surface area contributed by atoms with Crippen LogP contribution in [0.3, 0.4) is 0 Å². The van der Waals surface area contributed by atoms with Gasteiger partial charge in [0.05, 0.1) is 0 Å². The highest BCUT2D eigenvalue weighted by atomic mass is 35.5. The molecule has 0 fully saturated rings. The molecule has 8 heavy (non-hydrogen) atoms. The molecule has 0 aromatic carbocycles. The molecule has 1 N–H and O–H groups in total. The highest BCUT2D eigenvalue weighted by Gasteiger charge is 1.98. The first kappa shape index (κ1) is 5.53. The number of aliphatic hydroxyl groups is 1. The lowest BCUT2D eigenvalue weighted by Crippen LogP contribution is -1.79. The van der Waals surface area contributed by atoms with Gasteiger partial charge in [0.25, 0.3) is 0 Å². The number of aliphatic hydroxyl groups excluding tert-OH is 1. The Kier molecular flexibility index (Phi) is 1.45. The molecule has 0 atom stereocenters. The Morgan fingerprint density at radius 1 is 1.62 bits per heavy atom. The van der Waals surface area contributed by atoms with E-state index in [0.29, 0.717) is 0 Å². The zero-order valence-corrected chi connectivity index (χ0v) is 4.59. The first-order chi connectivity index (χ1) is 3.83. The van der Waals surface area contributed by atoms with Crippen molar-refractivity contribution in [1.82, 2.24) is 10.2 Å². The van der Waals surface area contributed by atoms with Crippen molar-refractivity contribution in [3.05, 3.63) is 11.2 Å². The molecule has 1 aromatic rings. The first-order valence-corrected chi connectivity index (χ1v) is 2.29. The Balaban J connectivity index is 2.84. The van der Waals surface area contributed by atoms with Crippen LogP contribution in [0.4, 0.5) is 0 Å². The van der Waals surface area contributed by atoms with E-state index in [2.05, 4.69) is 14.6 Å². The smallest absolute Gasteiger partial charge is 0.312 e. The number of hydrogen-bond donors (Lipinski definition) is 1. The second-order valence-electron chi connectivity index (χ2n) is 1.11. The van der Waals surface area contributed by atoms with Crippen LogP contribution in [-0.2, 0) is 6.61 Å². The summed E-state index contributed by atoms with van der Waals surface area (Å²) in [6.07, 6.45) is 0. The maximum absolute atomic E-state index is 8.30. The minimum Gasteiger partial charge on any atom is -0.410 e. The fourth-order valence-corrected chi connectivity index (χ4v) is 0.424. The molecule has 0 bridgehead atoms. The number of rotatable bonds is 1. The molecule has 44 valence electrons. The molecule has 0 amide bonds. The topological polar surface area (TPSA) is 59.2 Å². The molecule has 1 rings (SSSR count). The maximum atomic E-state index is 8.30. The van der Waals surface area contributed by atoms with E-state index < -0.39 is 0 Å². The van der Waals surface area contributed by atoms with E-state index in [9.17, 15) is 0 Å². The molecule has 4 nitrogen and oxygen atoms in total. The van der Waals surface area contributed by atoms with Crippen LogP contribution in [0.5, 0.6) is 0 Å². The minimum atomic E-state index is -0.264. The molecule has 0 aliphatic heterocycles. The van der Waals surface area contributed by atoms with Crippen molar-refractivity contribution < 1.29 is 9.52 Å². The molecular weight excluding hydrogens is 131 g/mol. The summed E-state index contributed by atoms with van der Waals surface area (Å²) >= 11 is 5.19. The van der Waals surface area contributed by atoms with E-state index in [0.717, 1.165) is 0 Å². The van der Waals surface area contributed by atoms with Crippen LogP contribution >= 0.6 is 11.6 Å². The minimum absolute atomic E-state index is 0.0472. The number of hydrogen-bond acceptors (Lipinski definition) is 4. The summed E-state index contributed by atoms with van der Waals surface area (Å²) in [5.74, 6) is 0.134. The van der Waals surface area contributed by atoms with Crippen molar-refractivity contribution in [2.75, 3.05) is 0 Å². The van der Waals surface area contributed by atoms with E-state index >= 15 is 0 Å². The van der Waals surface area contributed by atoms with Gasteiger partial charge in [-0.25, -0.2) is 0 Å². The van der Waals surface area contributed by atoms with Gasteiger partial charge in [-0.05, 0) is 11.6 Å². The third kappa shape index (κ3) is 0.962. The van der Waals surface area contributed by atoms with Crippen molar-refractivity contribution in [1.29, 1.82) is 0 Å². The van der Waals surface area contributed by atoms with Crippen molar-refractivity contribution >= 4 is 11.6 Å². The lowest BCUT2D eigenvalue weighted by Gasteiger charge is -1.76. The van der Waals surface area contributed by atoms with Crippen LogP contribution < -0.4 is 0 Å². The first-order valence-electron chi connectivity index (χ1n) is 1.91. The summed E-state index contributed by atoms with van der Waals surface area (Å²) in [5.41, 5.74) is 0. The van der Waals surface area contributed by atoms with E-state index in [4.69, 9.17) is 16.7 Å². The predicted molar refractivity (Wildman–Crippen MR) is 25.2 cm³/mol. The Labute approximate surface area is 50.1 Å². The summed E-state index contributed by atoms with van der Waals surface area (Å²) < 4.78 is 4.53. The molecule has 0 saturated carbocycles. The van der Waals surface area contributed by atoms with Crippen molar-refractivity contribution in [2.45, 2.75) is 6.61 Å². The van der Waals surface area contributed by atoms with Crippen molar-refractivity contribution in [3.8, 4) is 0 Å². The van der Waals surface area contributed by atoms with Crippen molar-refractivity contribution in [2.24, 2.45) is 0 Å². The number of halogens is 1. The van der Waals surface area contributed by atoms with Crippen molar-refractivity contribution in [3.63, 3.8) is 0 Å². The summed E-state index contributed by atoms with van der Waals surface area (Å²) in [5, 5.41) is 14.9. The van der Waals surface area contributed by atoms with Gasteiger partial charge in [0.1, 0.15) is 6.61 Å². The second-order valence-corrected chi connectivity index (χ2v) is 1.43. The molecule has 0 aliphatic carbocycles. The summed E-state index contributed by atoms with van der Waals surface area (Å²) in [6.45, 7) is -0.264. The average Bonchev–Trinajstić information content (AvgIpc) is 2.14. The van der Waals surface area contributed by atoms with Gasteiger partial charge < -0.3 is 9.52 Å². The monoisotopic (exact) mass is 134 g/mol. The highest BCUT2D eigenvalue weighted by Crippen LogP contribution is 2.03. The molecule has 5 heteroatoms.